The summed E-state index contributed by atoms with van der Waals surface area (Å²) in [4.78, 5) is 35.6. The van der Waals surface area contributed by atoms with Gasteiger partial charge in [0.05, 0.1) is 12.2 Å². The number of carbonyl (C=O) groups is 3. The van der Waals surface area contributed by atoms with Gasteiger partial charge in [0.25, 0.3) is 11.8 Å². The number of rotatable bonds is 7. The Morgan fingerprint density at radius 2 is 2.04 bits per heavy atom. The predicted molar refractivity (Wildman–Crippen MR) is 104 cm³/mol. The van der Waals surface area contributed by atoms with Crippen LogP contribution in [0.15, 0.2) is 34.1 Å². The lowest BCUT2D eigenvalue weighted by Crippen LogP contribution is -2.21. The molecule has 0 fully saturated rings. The molecule has 0 bridgehead atoms. The third-order valence-electron chi connectivity index (χ3n) is 3.87. The number of hydrogen-bond acceptors (Lipinski definition) is 7. The second-order valence-electron chi connectivity index (χ2n) is 5.78. The predicted octanol–water partition coefficient (Wildman–Crippen LogP) is 3.10. The molecular weight excluding hydrogens is 384 g/mol. The minimum absolute atomic E-state index is 0.243. The van der Waals surface area contributed by atoms with Crippen LogP contribution in [0.2, 0.25) is 0 Å². The van der Waals surface area contributed by atoms with Crippen molar-refractivity contribution < 1.29 is 28.3 Å². The van der Waals surface area contributed by atoms with Crippen LogP contribution in [0.25, 0.3) is 11.0 Å². The molecule has 146 valence electrons. The van der Waals surface area contributed by atoms with Crippen molar-refractivity contribution in [2.24, 2.45) is 5.73 Å². The Morgan fingerprint density at radius 1 is 1.25 bits per heavy atom. The SMILES string of the molecule is CCOC(=O)c1c(C)oc2ccc(OCC(=O)Nc3sccc3C(N)=O)cc12. The van der Waals surface area contributed by atoms with Crippen molar-refractivity contribution in [3.8, 4) is 5.75 Å². The van der Waals surface area contributed by atoms with Crippen molar-refractivity contribution in [3.63, 3.8) is 0 Å². The highest BCUT2D eigenvalue weighted by Crippen LogP contribution is 2.30. The Balaban J connectivity index is 1.73. The van der Waals surface area contributed by atoms with Gasteiger partial charge in [-0.15, -0.1) is 11.3 Å². The zero-order chi connectivity index (χ0) is 20.3. The Morgan fingerprint density at radius 3 is 2.75 bits per heavy atom. The van der Waals surface area contributed by atoms with Crippen LogP contribution in [0.3, 0.4) is 0 Å². The van der Waals surface area contributed by atoms with Crippen LogP contribution in [0.1, 0.15) is 33.4 Å². The molecule has 0 aliphatic heterocycles. The van der Waals surface area contributed by atoms with E-state index in [1.807, 2.05) is 0 Å². The number of esters is 1. The maximum absolute atomic E-state index is 12.2. The van der Waals surface area contributed by atoms with E-state index < -0.39 is 17.8 Å². The van der Waals surface area contributed by atoms with Gasteiger partial charge in [-0.2, -0.15) is 0 Å². The summed E-state index contributed by atoms with van der Waals surface area (Å²) in [6.07, 6.45) is 0. The van der Waals surface area contributed by atoms with Gasteiger partial charge in [-0.1, -0.05) is 0 Å². The van der Waals surface area contributed by atoms with Crippen LogP contribution in [0, 0.1) is 6.92 Å². The smallest absolute Gasteiger partial charge is 0.342 e. The van der Waals surface area contributed by atoms with E-state index in [1.54, 1.807) is 37.4 Å². The normalized spacial score (nSPS) is 10.6. The molecule has 2 amide bonds. The van der Waals surface area contributed by atoms with E-state index in [4.69, 9.17) is 19.6 Å². The summed E-state index contributed by atoms with van der Waals surface area (Å²) in [6.45, 7) is 3.36. The number of benzene rings is 1. The highest BCUT2D eigenvalue weighted by Gasteiger charge is 2.20. The van der Waals surface area contributed by atoms with E-state index >= 15 is 0 Å². The van der Waals surface area contributed by atoms with Gasteiger partial charge in [-0.25, -0.2) is 4.79 Å². The summed E-state index contributed by atoms with van der Waals surface area (Å²) < 4.78 is 16.1. The molecule has 8 nitrogen and oxygen atoms in total. The quantitative estimate of drug-likeness (QED) is 0.586. The van der Waals surface area contributed by atoms with Crippen LogP contribution in [0.5, 0.6) is 5.75 Å². The maximum Gasteiger partial charge on any atom is 0.342 e. The van der Waals surface area contributed by atoms with Crippen LogP contribution in [0.4, 0.5) is 5.00 Å². The van der Waals surface area contributed by atoms with E-state index in [1.165, 1.54) is 17.4 Å². The van der Waals surface area contributed by atoms with Crippen molar-refractivity contribution >= 4 is 45.1 Å². The zero-order valence-corrected chi connectivity index (χ0v) is 16.1. The Labute approximate surface area is 164 Å². The van der Waals surface area contributed by atoms with Gasteiger partial charge in [0.2, 0.25) is 0 Å². The molecule has 28 heavy (non-hydrogen) atoms. The first kappa shape index (κ1) is 19.4. The van der Waals surface area contributed by atoms with Crippen molar-refractivity contribution in [3.05, 3.63) is 46.5 Å². The highest BCUT2D eigenvalue weighted by atomic mass is 32.1. The molecule has 0 spiro atoms. The Kier molecular flexibility index (Phi) is 5.65. The van der Waals surface area contributed by atoms with Crippen LogP contribution in [-0.4, -0.2) is 31.0 Å². The summed E-state index contributed by atoms with van der Waals surface area (Å²) >= 11 is 1.19. The molecule has 2 aromatic heterocycles. The summed E-state index contributed by atoms with van der Waals surface area (Å²) in [5.74, 6) is -0.718. The number of nitrogens with one attached hydrogen (secondary N) is 1. The lowest BCUT2D eigenvalue weighted by molar-refractivity contribution is -0.118. The molecule has 9 heteroatoms. The lowest BCUT2D eigenvalue weighted by atomic mass is 10.1. The maximum atomic E-state index is 12.2. The molecule has 0 aliphatic carbocycles. The van der Waals surface area contributed by atoms with Crippen LogP contribution < -0.4 is 15.8 Å². The molecule has 1 aromatic carbocycles. The number of fused-ring (bicyclic) bond motifs is 1. The number of thiophene rings is 1. The van der Waals surface area contributed by atoms with Crippen molar-refractivity contribution in [2.45, 2.75) is 13.8 Å². The third kappa shape index (κ3) is 3.99. The molecule has 0 atom stereocenters. The van der Waals surface area contributed by atoms with E-state index in [9.17, 15) is 14.4 Å². The first-order valence-electron chi connectivity index (χ1n) is 8.41. The fraction of sp³-hybridized carbons (Fsp3) is 0.211. The number of primary amides is 1. The fourth-order valence-corrected chi connectivity index (χ4v) is 3.47. The third-order valence-corrected chi connectivity index (χ3v) is 4.70. The second kappa shape index (κ2) is 8.13. The molecule has 3 aromatic rings. The average molecular weight is 402 g/mol. The number of carbonyl (C=O) groups excluding carboxylic acids is 3. The van der Waals surface area contributed by atoms with E-state index in [-0.39, 0.29) is 18.8 Å². The molecule has 3 N–H and O–H groups in total. The van der Waals surface area contributed by atoms with Gasteiger partial charge in [0, 0.05) is 5.39 Å². The fourth-order valence-electron chi connectivity index (χ4n) is 2.66. The first-order valence-corrected chi connectivity index (χ1v) is 9.29. The first-order chi connectivity index (χ1) is 13.4. The van der Waals surface area contributed by atoms with Gasteiger partial charge in [0.1, 0.15) is 27.7 Å². The molecule has 0 saturated carbocycles. The van der Waals surface area contributed by atoms with Gasteiger partial charge in [0.15, 0.2) is 6.61 Å². The largest absolute Gasteiger partial charge is 0.484 e. The van der Waals surface area contributed by atoms with Gasteiger partial charge in [-0.3, -0.25) is 9.59 Å². The number of hydrogen-bond donors (Lipinski definition) is 2. The Hall–Kier alpha value is -3.33. The standard InChI is InChI=1S/C19H18N2O6S/c1-3-25-19(24)16-10(2)27-14-5-4-11(8-13(14)16)26-9-15(22)21-18-12(17(20)23)6-7-28-18/h4-8H,3,9H2,1-2H3,(H2,20,23)(H,21,22). The topological polar surface area (TPSA) is 121 Å². The molecule has 2 heterocycles. The number of anilines is 1. The molecular formula is C19H18N2O6S. The average Bonchev–Trinajstić information content (AvgIpc) is 3.23. The van der Waals surface area contributed by atoms with Gasteiger partial charge in [-0.05, 0) is 43.5 Å². The van der Waals surface area contributed by atoms with E-state index in [0.717, 1.165) is 0 Å². The summed E-state index contributed by atoms with van der Waals surface area (Å²) in [7, 11) is 0. The monoisotopic (exact) mass is 402 g/mol. The van der Waals surface area contributed by atoms with Crippen molar-refractivity contribution in [2.75, 3.05) is 18.5 Å². The van der Waals surface area contributed by atoms with Crippen LogP contribution >= 0.6 is 11.3 Å². The number of furan rings is 1. The molecule has 3 rings (SSSR count). The second-order valence-corrected chi connectivity index (χ2v) is 6.69. The zero-order valence-electron chi connectivity index (χ0n) is 15.2. The minimum Gasteiger partial charge on any atom is -0.484 e. The van der Waals surface area contributed by atoms with Crippen molar-refractivity contribution in [1.29, 1.82) is 0 Å². The van der Waals surface area contributed by atoms with Gasteiger partial charge >= 0.3 is 5.97 Å². The van der Waals surface area contributed by atoms with Gasteiger partial charge < -0.3 is 24.9 Å². The van der Waals surface area contributed by atoms with E-state index in [0.29, 0.717) is 33.0 Å². The van der Waals surface area contributed by atoms with E-state index in [2.05, 4.69) is 5.32 Å². The summed E-state index contributed by atoms with van der Waals surface area (Å²) in [5, 5.41) is 5.16. The van der Waals surface area contributed by atoms with Crippen molar-refractivity contribution in [1.82, 2.24) is 0 Å². The molecule has 0 radical (unpaired) electrons. The Bertz CT molecular complexity index is 1050. The number of ether oxygens (including phenoxy) is 2. The molecule has 0 unspecified atom stereocenters. The molecule has 0 saturated heterocycles. The summed E-state index contributed by atoms with van der Waals surface area (Å²) in [6, 6.07) is 6.44. The summed E-state index contributed by atoms with van der Waals surface area (Å²) in [5.41, 5.74) is 6.34. The number of amides is 2. The minimum atomic E-state index is -0.621. The highest BCUT2D eigenvalue weighted by molar-refractivity contribution is 7.14. The lowest BCUT2D eigenvalue weighted by Gasteiger charge is -2.07. The molecule has 0 aliphatic rings. The number of aryl methyl sites for hydroxylation is 1. The van der Waals surface area contributed by atoms with Crippen LogP contribution in [-0.2, 0) is 9.53 Å². The number of nitrogens with two attached hydrogens (primary N) is 1.